The van der Waals surface area contributed by atoms with Gasteiger partial charge in [0.2, 0.25) is 0 Å². The first-order valence-electron chi connectivity index (χ1n) is 7.00. The van der Waals surface area contributed by atoms with Crippen LogP contribution in [-0.2, 0) is 0 Å². The van der Waals surface area contributed by atoms with Crippen molar-refractivity contribution in [1.82, 2.24) is 29.7 Å². The second-order valence-corrected chi connectivity index (χ2v) is 5.25. The smallest absolute Gasteiger partial charge is 0.278 e. The van der Waals surface area contributed by atoms with Crippen LogP contribution in [0.4, 0.5) is 0 Å². The molecule has 22 heavy (non-hydrogen) atoms. The number of rotatable bonds is 2. The minimum atomic E-state index is 0. The average molecular weight is 321 g/mol. The summed E-state index contributed by atoms with van der Waals surface area (Å²) in [4.78, 5) is 11.2. The molecule has 1 aliphatic heterocycles. The number of hydrogen-bond acceptors (Lipinski definition) is 6. The molecule has 1 aliphatic rings. The number of pyridine rings is 1. The lowest BCUT2D eigenvalue weighted by atomic mass is 10.2. The first kappa shape index (κ1) is 15.0. The fourth-order valence-electron chi connectivity index (χ4n) is 2.61. The lowest BCUT2D eigenvalue weighted by Gasteiger charge is -2.30. The number of fused-ring (bicyclic) bond motifs is 1. The summed E-state index contributed by atoms with van der Waals surface area (Å²) in [6.07, 6.45) is 3.84. The van der Waals surface area contributed by atoms with E-state index in [1.165, 1.54) is 0 Å². The van der Waals surface area contributed by atoms with Crippen LogP contribution in [0.25, 0.3) is 17.2 Å². The zero-order chi connectivity index (χ0) is 14.2. The Morgan fingerprint density at radius 2 is 2.23 bits per heavy atom. The van der Waals surface area contributed by atoms with Crippen LogP contribution in [0.3, 0.4) is 0 Å². The van der Waals surface area contributed by atoms with E-state index in [1.807, 2.05) is 35.0 Å². The van der Waals surface area contributed by atoms with E-state index in [9.17, 15) is 0 Å². The molecule has 0 bridgehead atoms. The molecule has 1 unspecified atom stereocenters. The van der Waals surface area contributed by atoms with Gasteiger partial charge in [0.25, 0.3) is 5.89 Å². The molecule has 1 fully saturated rings. The Balaban J connectivity index is 0.00000144. The highest BCUT2D eigenvalue weighted by Gasteiger charge is 2.25. The number of likely N-dealkylation sites (N-methyl/N-ethyl adjacent to an activating group) is 1. The molecular formula is C14H17ClN6O. The van der Waals surface area contributed by atoms with Crippen LogP contribution in [0.5, 0.6) is 0 Å². The number of nitrogens with zero attached hydrogens (tertiary/aromatic N) is 5. The van der Waals surface area contributed by atoms with Gasteiger partial charge in [-0.05, 0) is 19.2 Å². The minimum absolute atomic E-state index is 0. The van der Waals surface area contributed by atoms with Crippen LogP contribution in [-0.4, -0.2) is 51.1 Å². The Morgan fingerprint density at radius 3 is 3.05 bits per heavy atom. The summed E-state index contributed by atoms with van der Waals surface area (Å²) in [5.41, 5.74) is 1.56. The predicted octanol–water partition coefficient (Wildman–Crippen LogP) is 1.38. The zero-order valence-corrected chi connectivity index (χ0v) is 13.0. The fourth-order valence-corrected chi connectivity index (χ4v) is 2.61. The van der Waals surface area contributed by atoms with Crippen molar-refractivity contribution in [3.63, 3.8) is 0 Å². The van der Waals surface area contributed by atoms with E-state index < -0.39 is 0 Å². The van der Waals surface area contributed by atoms with Crippen molar-refractivity contribution in [2.45, 2.75) is 6.04 Å². The molecule has 3 aromatic heterocycles. The summed E-state index contributed by atoms with van der Waals surface area (Å²) >= 11 is 0. The molecule has 116 valence electrons. The van der Waals surface area contributed by atoms with Crippen LogP contribution in [0.2, 0.25) is 0 Å². The lowest BCUT2D eigenvalue weighted by Crippen LogP contribution is -2.44. The molecule has 7 nitrogen and oxygen atoms in total. The van der Waals surface area contributed by atoms with E-state index in [2.05, 4.69) is 32.4 Å². The summed E-state index contributed by atoms with van der Waals surface area (Å²) in [7, 11) is 2.08. The van der Waals surface area contributed by atoms with Crippen LogP contribution in [0.15, 0.2) is 35.1 Å². The third-order valence-electron chi connectivity index (χ3n) is 3.83. The maximum absolute atomic E-state index is 5.39. The molecule has 4 rings (SSSR count). The Bertz CT molecular complexity index is 736. The number of aromatic nitrogens is 4. The number of halogens is 1. The second-order valence-electron chi connectivity index (χ2n) is 5.25. The standard InChI is InChI=1S/C14H16N6O.ClH/c1-19-7-5-15-8-11(19)13-17-14(21-18-13)10-9-20-6-3-2-4-12(20)16-10;/h2-4,6,9,11,15H,5,7-8H2,1H3;1H. The van der Waals surface area contributed by atoms with Crippen molar-refractivity contribution in [2.24, 2.45) is 0 Å². The molecule has 0 saturated carbocycles. The van der Waals surface area contributed by atoms with Crippen molar-refractivity contribution in [3.05, 3.63) is 36.4 Å². The van der Waals surface area contributed by atoms with Crippen molar-refractivity contribution >= 4 is 18.1 Å². The maximum atomic E-state index is 5.39. The average Bonchev–Trinajstić information content (AvgIpc) is 3.14. The van der Waals surface area contributed by atoms with Crippen LogP contribution in [0.1, 0.15) is 11.9 Å². The molecule has 0 aliphatic carbocycles. The Labute approximate surface area is 133 Å². The van der Waals surface area contributed by atoms with Crippen molar-refractivity contribution in [2.75, 3.05) is 26.7 Å². The minimum Gasteiger partial charge on any atom is -0.332 e. The van der Waals surface area contributed by atoms with E-state index in [0.29, 0.717) is 17.4 Å². The van der Waals surface area contributed by atoms with Gasteiger partial charge in [0.05, 0.1) is 6.04 Å². The highest BCUT2D eigenvalue weighted by atomic mass is 35.5. The molecule has 1 saturated heterocycles. The summed E-state index contributed by atoms with van der Waals surface area (Å²) < 4.78 is 7.33. The monoisotopic (exact) mass is 320 g/mol. The molecule has 0 radical (unpaired) electrons. The van der Waals surface area contributed by atoms with Crippen LogP contribution >= 0.6 is 12.4 Å². The molecule has 0 amide bonds. The van der Waals surface area contributed by atoms with Gasteiger partial charge >= 0.3 is 0 Å². The number of imidazole rings is 1. The third kappa shape index (κ3) is 2.58. The Kier molecular flexibility index (Phi) is 4.10. The lowest BCUT2D eigenvalue weighted by molar-refractivity contribution is 0.190. The Hall–Kier alpha value is -1.96. The second kappa shape index (κ2) is 6.04. The van der Waals surface area contributed by atoms with E-state index >= 15 is 0 Å². The van der Waals surface area contributed by atoms with Gasteiger partial charge in [0.15, 0.2) is 5.82 Å². The molecule has 1 N–H and O–H groups in total. The molecule has 1 atom stereocenters. The first-order chi connectivity index (χ1) is 10.3. The maximum Gasteiger partial charge on any atom is 0.278 e. The normalized spacial score (nSPS) is 19.2. The fraction of sp³-hybridized carbons (Fsp3) is 0.357. The van der Waals surface area contributed by atoms with Gasteiger partial charge in [-0.1, -0.05) is 11.2 Å². The molecule has 0 spiro atoms. The van der Waals surface area contributed by atoms with Crippen molar-refractivity contribution < 1.29 is 4.52 Å². The predicted molar refractivity (Wildman–Crippen MR) is 84.0 cm³/mol. The molecular weight excluding hydrogens is 304 g/mol. The van der Waals surface area contributed by atoms with E-state index in [0.717, 1.165) is 25.3 Å². The van der Waals surface area contributed by atoms with Gasteiger partial charge in [-0.2, -0.15) is 4.98 Å². The van der Waals surface area contributed by atoms with Gasteiger partial charge < -0.3 is 14.2 Å². The van der Waals surface area contributed by atoms with Gasteiger partial charge in [0.1, 0.15) is 11.3 Å². The van der Waals surface area contributed by atoms with Gasteiger partial charge in [0, 0.05) is 32.0 Å². The van der Waals surface area contributed by atoms with Gasteiger partial charge in [-0.3, -0.25) is 4.90 Å². The number of piperazine rings is 1. The number of hydrogen-bond donors (Lipinski definition) is 1. The van der Waals surface area contributed by atoms with Crippen LogP contribution in [0, 0.1) is 0 Å². The number of nitrogens with one attached hydrogen (secondary N) is 1. The zero-order valence-electron chi connectivity index (χ0n) is 12.1. The van der Waals surface area contributed by atoms with Crippen LogP contribution < -0.4 is 5.32 Å². The SMILES string of the molecule is CN1CCNCC1c1noc(-c2cn3ccccc3n2)n1.Cl. The molecule has 0 aromatic carbocycles. The highest BCUT2D eigenvalue weighted by Crippen LogP contribution is 2.22. The largest absolute Gasteiger partial charge is 0.332 e. The van der Waals surface area contributed by atoms with Crippen molar-refractivity contribution in [1.29, 1.82) is 0 Å². The molecule has 3 aromatic rings. The summed E-state index contributed by atoms with van der Waals surface area (Å²) in [6, 6.07) is 6.00. The van der Waals surface area contributed by atoms with Gasteiger partial charge in [-0.15, -0.1) is 12.4 Å². The van der Waals surface area contributed by atoms with E-state index in [1.54, 1.807) is 0 Å². The summed E-state index contributed by atoms with van der Waals surface area (Å²) in [6.45, 7) is 2.80. The summed E-state index contributed by atoms with van der Waals surface area (Å²) in [5.74, 6) is 1.17. The first-order valence-corrected chi connectivity index (χ1v) is 7.00. The molecule has 4 heterocycles. The van der Waals surface area contributed by atoms with Gasteiger partial charge in [-0.25, -0.2) is 4.98 Å². The molecule has 8 heteroatoms. The summed E-state index contributed by atoms with van der Waals surface area (Å²) in [5, 5.41) is 7.47. The third-order valence-corrected chi connectivity index (χ3v) is 3.83. The van der Waals surface area contributed by atoms with Crippen molar-refractivity contribution in [3.8, 4) is 11.6 Å². The van der Waals surface area contributed by atoms with E-state index in [4.69, 9.17) is 4.52 Å². The van der Waals surface area contributed by atoms with E-state index in [-0.39, 0.29) is 18.4 Å². The highest BCUT2D eigenvalue weighted by molar-refractivity contribution is 5.85. The quantitative estimate of drug-likeness (QED) is 0.769. The Morgan fingerprint density at radius 1 is 1.32 bits per heavy atom. The topological polar surface area (TPSA) is 71.5 Å².